The van der Waals surface area contributed by atoms with Crippen LogP contribution in [0.4, 0.5) is 0 Å². The zero-order valence-corrected chi connectivity index (χ0v) is 14.8. The van der Waals surface area contributed by atoms with Crippen molar-refractivity contribution >= 4 is 10.9 Å². The highest BCUT2D eigenvalue weighted by Crippen LogP contribution is 2.32. The van der Waals surface area contributed by atoms with E-state index < -0.39 is 6.10 Å². The molecule has 0 aliphatic heterocycles. The Hall–Kier alpha value is -3.04. The van der Waals surface area contributed by atoms with Gasteiger partial charge in [-0.3, -0.25) is 4.98 Å². The highest BCUT2D eigenvalue weighted by Gasteiger charge is 2.18. The van der Waals surface area contributed by atoms with Gasteiger partial charge >= 0.3 is 0 Å². The predicted molar refractivity (Wildman–Crippen MR) is 105 cm³/mol. The van der Waals surface area contributed by atoms with Crippen molar-refractivity contribution in [1.29, 1.82) is 0 Å². The molecule has 0 aliphatic carbocycles. The lowest BCUT2D eigenvalue weighted by Crippen LogP contribution is -2.04. The molecule has 1 N–H and O–H groups in total. The maximum absolute atomic E-state index is 11.0. The van der Waals surface area contributed by atoms with Crippen LogP contribution < -0.4 is 0 Å². The third kappa shape index (κ3) is 2.98. The number of nitrogens with zero attached hydrogens (tertiary/aromatic N) is 2. The molecule has 26 heavy (non-hydrogen) atoms. The average molecular weight is 340 g/mol. The molecule has 3 nitrogen and oxygen atoms in total. The molecule has 4 rings (SSSR count). The Labute approximate surface area is 153 Å². The van der Waals surface area contributed by atoms with Gasteiger partial charge in [0.2, 0.25) is 0 Å². The average Bonchev–Trinajstić information content (AvgIpc) is 2.68. The summed E-state index contributed by atoms with van der Waals surface area (Å²) in [6.07, 6.45) is 0.904. The van der Waals surface area contributed by atoms with Gasteiger partial charge in [0.25, 0.3) is 0 Å². The fourth-order valence-corrected chi connectivity index (χ4v) is 3.21. The van der Waals surface area contributed by atoms with Crippen molar-refractivity contribution in [1.82, 2.24) is 9.97 Å². The van der Waals surface area contributed by atoms with E-state index in [9.17, 15) is 5.11 Å². The molecule has 4 aromatic rings. The molecule has 0 fully saturated rings. The zero-order chi connectivity index (χ0) is 18.1. The molecule has 2 heterocycles. The molecular weight excluding hydrogens is 320 g/mol. The summed E-state index contributed by atoms with van der Waals surface area (Å²) in [6.45, 7) is 4.11. The van der Waals surface area contributed by atoms with E-state index >= 15 is 0 Å². The molecular formula is C23H20N2O. The number of hydrogen-bond donors (Lipinski definition) is 1. The van der Waals surface area contributed by atoms with E-state index in [1.54, 1.807) is 6.20 Å². The van der Waals surface area contributed by atoms with Gasteiger partial charge < -0.3 is 5.11 Å². The van der Waals surface area contributed by atoms with Crippen LogP contribution in [0.1, 0.15) is 28.5 Å². The molecule has 0 amide bonds. The van der Waals surface area contributed by atoms with Gasteiger partial charge in [-0.25, -0.2) is 4.98 Å². The molecule has 0 saturated carbocycles. The minimum atomic E-state index is -0.798. The van der Waals surface area contributed by atoms with Crippen LogP contribution in [0, 0.1) is 13.8 Å². The van der Waals surface area contributed by atoms with E-state index in [1.807, 2.05) is 49.4 Å². The Kier molecular flexibility index (Phi) is 4.23. The molecule has 2 aromatic carbocycles. The number of para-hydroxylation sites is 1. The van der Waals surface area contributed by atoms with Crippen LogP contribution in [0.25, 0.3) is 22.2 Å². The first-order valence-electron chi connectivity index (χ1n) is 8.70. The smallest absolute Gasteiger partial charge is 0.122 e. The number of aliphatic hydroxyl groups is 1. The summed E-state index contributed by atoms with van der Waals surface area (Å²) in [6, 6.07) is 21.9. The SMILES string of the molecule is Cc1ccc(-c2cc(C(O)c3ccccn3)c3cccc(C)c3n2)cc1. The normalized spacial score (nSPS) is 12.3. The molecule has 1 unspecified atom stereocenters. The second-order valence-electron chi connectivity index (χ2n) is 6.59. The first-order valence-corrected chi connectivity index (χ1v) is 8.70. The Morgan fingerprint density at radius 2 is 1.69 bits per heavy atom. The van der Waals surface area contributed by atoms with Crippen LogP contribution in [0.5, 0.6) is 0 Å². The van der Waals surface area contributed by atoms with Gasteiger partial charge in [0.1, 0.15) is 6.10 Å². The zero-order valence-electron chi connectivity index (χ0n) is 14.8. The van der Waals surface area contributed by atoms with Gasteiger partial charge in [-0.05, 0) is 43.2 Å². The minimum Gasteiger partial charge on any atom is -0.382 e. The van der Waals surface area contributed by atoms with Crippen LogP contribution in [0.2, 0.25) is 0 Å². The lowest BCUT2D eigenvalue weighted by Gasteiger charge is -2.16. The third-order valence-corrected chi connectivity index (χ3v) is 4.68. The number of aromatic nitrogens is 2. The fraction of sp³-hybridized carbons (Fsp3) is 0.130. The summed E-state index contributed by atoms with van der Waals surface area (Å²) in [5.41, 5.74) is 6.57. The molecule has 0 spiro atoms. The van der Waals surface area contributed by atoms with E-state index in [-0.39, 0.29) is 0 Å². The monoisotopic (exact) mass is 340 g/mol. The maximum Gasteiger partial charge on any atom is 0.122 e. The lowest BCUT2D eigenvalue weighted by atomic mass is 9.96. The van der Waals surface area contributed by atoms with E-state index in [0.29, 0.717) is 5.69 Å². The van der Waals surface area contributed by atoms with Gasteiger partial charge in [0.15, 0.2) is 0 Å². The fourth-order valence-electron chi connectivity index (χ4n) is 3.21. The van der Waals surface area contributed by atoms with Crippen molar-refractivity contribution in [3.63, 3.8) is 0 Å². The Balaban J connectivity index is 1.96. The number of aryl methyl sites for hydroxylation is 2. The Morgan fingerprint density at radius 3 is 2.42 bits per heavy atom. The van der Waals surface area contributed by atoms with Crippen LogP contribution >= 0.6 is 0 Å². The van der Waals surface area contributed by atoms with Crippen molar-refractivity contribution in [2.45, 2.75) is 20.0 Å². The number of aliphatic hydroxyl groups excluding tert-OH is 1. The van der Waals surface area contributed by atoms with Gasteiger partial charge in [0.05, 0.1) is 16.9 Å². The number of hydrogen-bond acceptors (Lipinski definition) is 3. The van der Waals surface area contributed by atoms with Crippen LogP contribution in [-0.4, -0.2) is 15.1 Å². The van der Waals surface area contributed by atoms with Crippen molar-refractivity contribution in [3.8, 4) is 11.3 Å². The molecule has 0 radical (unpaired) electrons. The van der Waals surface area contributed by atoms with Crippen molar-refractivity contribution < 1.29 is 5.11 Å². The van der Waals surface area contributed by atoms with Crippen LogP contribution in [0.3, 0.4) is 0 Å². The van der Waals surface area contributed by atoms with Gasteiger partial charge in [-0.15, -0.1) is 0 Å². The number of pyridine rings is 2. The molecule has 0 saturated heterocycles. The third-order valence-electron chi connectivity index (χ3n) is 4.68. The summed E-state index contributed by atoms with van der Waals surface area (Å²) in [7, 11) is 0. The molecule has 0 aliphatic rings. The minimum absolute atomic E-state index is 0.636. The van der Waals surface area contributed by atoms with E-state index in [4.69, 9.17) is 4.98 Å². The van der Waals surface area contributed by atoms with Gasteiger partial charge in [-0.1, -0.05) is 54.1 Å². The van der Waals surface area contributed by atoms with Crippen LogP contribution in [-0.2, 0) is 0 Å². The molecule has 2 aromatic heterocycles. The summed E-state index contributed by atoms with van der Waals surface area (Å²) in [4.78, 5) is 9.21. The topological polar surface area (TPSA) is 46.0 Å². The number of rotatable bonds is 3. The summed E-state index contributed by atoms with van der Waals surface area (Å²) >= 11 is 0. The number of benzene rings is 2. The van der Waals surface area contributed by atoms with E-state index in [0.717, 1.165) is 33.3 Å². The van der Waals surface area contributed by atoms with Crippen molar-refractivity contribution in [2.24, 2.45) is 0 Å². The predicted octanol–water partition coefficient (Wildman–Crippen LogP) is 5.00. The van der Waals surface area contributed by atoms with Gasteiger partial charge in [0, 0.05) is 17.1 Å². The Bertz CT molecular complexity index is 1060. The van der Waals surface area contributed by atoms with Gasteiger partial charge in [-0.2, -0.15) is 0 Å². The van der Waals surface area contributed by atoms with E-state index in [2.05, 4.69) is 36.2 Å². The largest absolute Gasteiger partial charge is 0.382 e. The van der Waals surface area contributed by atoms with Crippen molar-refractivity contribution in [2.75, 3.05) is 0 Å². The van der Waals surface area contributed by atoms with Crippen LogP contribution in [0.15, 0.2) is 72.9 Å². The first kappa shape index (κ1) is 16.4. The lowest BCUT2D eigenvalue weighted by molar-refractivity contribution is 0.217. The maximum atomic E-state index is 11.0. The first-order chi connectivity index (χ1) is 12.6. The highest BCUT2D eigenvalue weighted by molar-refractivity contribution is 5.88. The summed E-state index contributed by atoms with van der Waals surface area (Å²) in [5.74, 6) is 0. The number of fused-ring (bicyclic) bond motifs is 1. The quantitative estimate of drug-likeness (QED) is 0.571. The Morgan fingerprint density at radius 1 is 0.885 bits per heavy atom. The van der Waals surface area contributed by atoms with Crippen molar-refractivity contribution in [3.05, 3.63) is 95.3 Å². The standard InChI is InChI=1S/C23H20N2O/c1-15-9-11-17(12-10-15)21-14-19(23(26)20-8-3-4-13-24-20)18-7-5-6-16(2)22(18)25-21/h3-14,23,26H,1-2H3. The summed E-state index contributed by atoms with van der Waals surface area (Å²) in [5, 5.41) is 12.0. The molecule has 128 valence electrons. The highest BCUT2D eigenvalue weighted by atomic mass is 16.3. The molecule has 3 heteroatoms. The second kappa shape index (κ2) is 6.70. The second-order valence-corrected chi connectivity index (χ2v) is 6.59. The summed E-state index contributed by atoms with van der Waals surface area (Å²) < 4.78 is 0. The molecule has 1 atom stereocenters. The molecule has 0 bridgehead atoms. The van der Waals surface area contributed by atoms with E-state index in [1.165, 1.54) is 5.56 Å².